The van der Waals surface area contributed by atoms with E-state index in [1.807, 2.05) is 25.7 Å². The van der Waals surface area contributed by atoms with Crippen molar-refractivity contribution < 1.29 is 13.2 Å². The summed E-state index contributed by atoms with van der Waals surface area (Å²) in [5, 5.41) is 0. The molecule has 1 aromatic rings. The average Bonchev–Trinajstić information content (AvgIpc) is 2.61. The van der Waals surface area contributed by atoms with E-state index in [-0.39, 0.29) is 17.7 Å². The Morgan fingerprint density at radius 3 is 2.48 bits per heavy atom. The van der Waals surface area contributed by atoms with Crippen LogP contribution in [0.1, 0.15) is 45.1 Å². The minimum Gasteiger partial charge on any atom is -0.342 e. The molecule has 0 aliphatic carbocycles. The smallest absolute Gasteiger partial charge is 0.240 e. The van der Waals surface area contributed by atoms with E-state index in [0.717, 1.165) is 37.8 Å². The van der Waals surface area contributed by atoms with Gasteiger partial charge in [0.1, 0.15) is 0 Å². The quantitative estimate of drug-likeness (QED) is 0.807. The van der Waals surface area contributed by atoms with Crippen LogP contribution in [0, 0.1) is 18.8 Å². The van der Waals surface area contributed by atoms with Gasteiger partial charge in [-0.05, 0) is 50.7 Å². The van der Waals surface area contributed by atoms with Crippen molar-refractivity contribution in [1.82, 2.24) is 9.62 Å². The van der Waals surface area contributed by atoms with E-state index in [4.69, 9.17) is 0 Å². The number of piperidine rings is 1. The Morgan fingerprint density at radius 2 is 1.88 bits per heavy atom. The van der Waals surface area contributed by atoms with Crippen LogP contribution in [0.3, 0.4) is 0 Å². The summed E-state index contributed by atoms with van der Waals surface area (Å²) >= 11 is 0. The maximum absolute atomic E-state index is 12.5. The van der Waals surface area contributed by atoms with Crippen molar-refractivity contribution >= 4 is 15.9 Å². The third-order valence-electron chi connectivity index (χ3n) is 5.06. The lowest BCUT2D eigenvalue weighted by molar-refractivity contribution is -0.137. The van der Waals surface area contributed by atoms with Gasteiger partial charge in [-0.1, -0.05) is 31.5 Å². The number of amides is 1. The topological polar surface area (TPSA) is 66.5 Å². The number of carbonyl (C=O) groups excluding carboxylic acids is 1. The van der Waals surface area contributed by atoms with Crippen molar-refractivity contribution in [2.24, 2.45) is 11.8 Å². The minimum atomic E-state index is -3.49. The number of likely N-dealkylation sites (tertiary alicyclic amines) is 1. The van der Waals surface area contributed by atoms with Crippen LogP contribution in [0.4, 0.5) is 0 Å². The van der Waals surface area contributed by atoms with Crippen LogP contribution >= 0.6 is 0 Å². The number of hydrogen-bond donors (Lipinski definition) is 1. The molecule has 0 radical (unpaired) electrons. The largest absolute Gasteiger partial charge is 0.342 e. The molecule has 0 spiro atoms. The molecule has 1 atom stereocenters. The molecule has 2 rings (SSSR count). The van der Waals surface area contributed by atoms with Crippen LogP contribution < -0.4 is 4.72 Å². The van der Waals surface area contributed by atoms with Gasteiger partial charge >= 0.3 is 0 Å². The Labute approximate surface area is 151 Å². The van der Waals surface area contributed by atoms with Crippen molar-refractivity contribution in [3.63, 3.8) is 0 Å². The predicted octanol–water partition coefficient (Wildman–Crippen LogP) is 2.95. The number of aryl methyl sites for hydroxylation is 1. The minimum absolute atomic E-state index is 0.0861. The van der Waals surface area contributed by atoms with E-state index in [2.05, 4.69) is 4.72 Å². The molecule has 6 heteroatoms. The Kier molecular flexibility index (Phi) is 7.02. The van der Waals surface area contributed by atoms with Crippen molar-refractivity contribution in [2.75, 3.05) is 19.6 Å². The van der Waals surface area contributed by atoms with Crippen molar-refractivity contribution in [3.8, 4) is 0 Å². The summed E-state index contributed by atoms with van der Waals surface area (Å²) in [6.07, 6.45) is 3.60. The molecule has 1 N–H and O–H groups in total. The van der Waals surface area contributed by atoms with Crippen LogP contribution in [0.2, 0.25) is 0 Å². The first-order chi connectivity index (χ1) is 11.9. The second-order valence-corrected chi connectivity index (χ2v) is 8.74. The van der Waals surface area contributed by atoms with E-state index >= 15 is 0 Å². The van der Waals surface area contributed by atoms with Gasteiger partial charge in [0, 0.05) is 25.6 Å². The normalized spacial score (nSPS) is 18.6. The molecular weight excluding hydrogens is 336 g/mol. The maximum atomic E-state index is 12.5. The molecule has 1 aromatic carbocycles. The SMILES string of the molecule is CCC(CC)C(=O)N1CCCC(CNS(=O)(=O)c2ccc(C)cc2)C1. The van der Waals surface area contributed by atoms with Crippen LogP contribution in [0.25, 0.3) is 0 Å². The molecular formula is C19H30N2O3S. The summed E-state index contributed by atoms with van der Waals surface area (Å²) < 4.78 is 27.5. The van der Waals surface area contributed by atoms with Gasteiger partial charge in [0.25, 0.3) is 0 Å². The standard InChI is InChI=1S/C19H30N2O3S/c1-4-17(5-2)19(22)21-12-6-7-16(14-21)13-20-25(23,24)18-10-8-15(3)9-11-18/h8-11,16-17,20H,4-7,12-14H2,1-3H3. The molecule has 1 saturated heterocycles. The molecule has 5 nitrogen and oxygen atoms in total. The number of hydrogen-bond acceptors (Lipinski definition) is 3. The zero-order chi connectivity index (χ0) is 18.4. The number of nitrogens with zero attached hydrogens (tertiary/aromatic N) is 1. The zero-order valence-corrected chi connectivity index (χ0v) is 16.3. The van der Waals surface area contributed by atoms with Crippen molar-refractivity contribution in [2.45, 2.75) is 51.3 Å². The Morgan fingerprint density at radius 1 is 1.24 bits per heavy atom. The molecule has 140 valence electrons. The molecule has 1 amide bonds. The van der Waals surface area contributed by atoms with Crippen LogP contribution in [0.15, 0.2) is 29.2 Å². The average molecular weight is 367 g/mol. The van der Waals surface area contributed by atoms with Gasteiger partial charge in [-0.3, -0.25) is 4.79 Å². The molecule has 0 saturated carbocycles. The fraction of sp³-hybridized carbons (Fsp3) is 0.632. The number of sulfonamides is 1. The number of carbonyl (C=O) groups is 1. The first-order valence-corrected chi connectivity index (χ1v) is 10.7. The monoisotopic (exact) mass is 366 g/mol. The van der Waals surface area contributed by atoms with Crippen LogP contribution in [-0.4, -0.2) is 38.9 Å². The van der Waals surface area contributed by atoms with E-state index in [1.165, 1.54) is 0 Å². The van der Waals surface area contributed by atoms with Gasteiger partial charge < -0.3 is 4.90 Å². The number of benzene rings is 1. The first-order valence-electron chi connectivity index (χ1n) is 9.22. The van der Waals surface area contributed by atoms with E-state index < -0.39 is 10.0 Å². The molecule has 0 aromatic heterocycles. The summed E-state index contributed by atoms with van der Waals surface area (Å²) in [7, 11) is -3.49. The molecule has 1 fully saturated rings. The fourth-order valence-corrected chi connectivity index (χ4v) is 4.47. The summed E-state index contributed by atoms with van der Waals surface area (Å²) in [4.78, 5) is 14.8. The van der Waals surface area contributed by atoms with Crippen LogP contribution in [-0.2, 0) is 14.8 Å². The molecule has 25 heavy (non-hydrogen) atoms. The summed E-state index contributed by atoms with van der Waals surface area (Å²) in [6, 6.07) is 6.85. The van der Waals surface area contributed by atoms with Gasteiger partial charge in [-0.25, -0.2) is 13.1 Å². The summed E-state index contributed by atoms with van der Waals surface area (Å²) in [6.45, 7) is 7.83. The lowest BCUT2D eigenvalue weighted by Gasteiger charge is -2.34. The molecule has 1 heterocycles. The fourth-order valence-electron chi connectivity index (χ4n) is 3.36. The highest BCUT2D eigenvalue weighted by molar-refractivity contribution is 7.89. The predicted molar refractivity (Wildman–Crippen MR) is 99.7 cm³/mol. The molecule has 1 aliphatic heterocycles. The first kappa shape index (κ1) is 19.9. The molecule has 0 bridgehead atoms. The lowest BCUT2D eigenvalue weighted by Crippen LogP contribution is -2.45. The molecule has 1 unspecified atom stereocenters. The zero-order valence-electron chi connectivity index (χ0n) is 15.5. The van der Waals surface area contributed by atoms with E-state index in [9.17, 15) is 13.2 Å². The van der Waals surface area contributed by atoms with Crippen molar-refractivity contribution in [1.29, 1.82) is 0 Å². The Bertz CT molecular complexity index is 666. The third-order valence-corrected chi connectivity index (χ3v) is 6.50. The second kappa shape index (κ2) is 8.81. The van der Waals surface area contributed by atoms with Gasteiger partial charge in [0.05, 0.1) is 4.90 Å². The highest BCUT2D eigenvalue weighted by atomic mass is 32.2. The van der Waals surface area contributed by atoms with E-state index in [1.54, 1.807) is 24.3 Å². The highest BCUT2D eigenvalue weighted by Gasteiger charge is 2.28. The van der Waals surface area contributed by atoms with Gasteiger partial charge in [-0.15, -0.1) is 0 Å². The number of nitrogens with one attached hydrogen (secondary N) is 1. The third kappa shape index (κ3) is 5.28. The van der Waals surface area contributed by atoms with E-state index in [0.29, 0.717) is 18.0 Å². The lowest BCUT2D eigenvalue weighted by atomic mass is 9.95. The Balaban J connectivity index is 1.94. The van der Waals surface area contributed by atoms with Gasteiger partial charge in [0.2, 0.25) is 15.9 Å². The maximum Gasteiger partial charge on any atom is 0.240 e. The second-order valence-electron chi connectivity index (χ2n) is 6.97. The highest BCUT2D eigenvalue weighted by Crippen LogP contribution is 2.21. The van der Waals surface area contributed by atoms with Gasteiger partial charge in [-0.2, -0.15) is 0 Å². The van der Waals surface area contributed by atoms with Crippen LogP contribution in [0.5, 0.6) is 0 Å². The van der Waals surface area contributed by atoms with Crippen molar-refractivity contribution in [3.05, 3.63) is 29.8 Å². The summed E-state index contributed by atoms with van der Waals surface area (Å²) in [5.41, 5.74) is 1.03. The summed E-state index contributed by atoms with van der Waals surface area (Å²) in [5.74, 6) is 0.478. The Hall–Kier alpha value is -1.40. The van der Waals surface area contributed by atoms with Gasteiger partial charge in [0.15, 0.2) is 0 Å². The molecule has 1 aliphatic rings. The number of rotatable bonds is 7.